The first-order valence-corrected chi connectivity index (χ1v) is 4.16. The zero-order valence-electron chi connectivity index (χ0n) is 8.20. The van der Waals surface area contributed by atoms with Gasteiger partial charge in [-0.3, -0.25) is 0 Å². The summed E-state index contributed by atoms with van der Waals surface area (Å²) in [6.45, 7) is 1.95. The average molecular weight is 178 g/mol. The molecule has 13 heavy (non-hydrogen) atoms. The molecule has 0 aliphatic rings. The van der Waals surface area contributed by atoms with E-state index < -0.39 is 0 Å². The molecule has 0 spiro atoms. The van der Waals surface area contributed by atoms with Crippen molar-refractivity contribution in [3.63, 3.8) is 0 Å². The maximum Gasteiger partial charge on any atom is 0.121 e. The third-order valence-electron chi connectivity index (χ3n) is 1.86. The lowest BCUT2D eigenvalue weighted by Crippen LogP contribution is -1.87. The molecule has 0 atom stereocenters. The number of ether oxygens (including phenoxy) is 2. The van der Waals surface area contributed by atoms with Gasteiger partial charge in [0, 0.05) is 5.56 Å². The van der Waals surface area contributed by atoms with E-state index in [4.69, 9.17) is 9.47 Å². The minimum atomic E-state index is 0.857. The lowest BCUT2D eigenvalue weighted by Gasteiger charge is -2.06. The molecule has 0 aliphatic heterocycles. The molecule has 0 unspecified atom stereocenters. The second-order valence-corrected chi connectivity index (χ2v) is 2.59. The highest BCUT2D eigenvalue weighted by atomic mass is 16.5. The van der Waals surface area contributed by atoms with E-state index in [-0.39, 0.29) is 0 Å². The summed E-state index contributed by atoms with van der Waals surface area (Å²) < 4.78 is 10.2. The Balaban J connectivity index is 2.91. The van der Waals surface area contributed by atoms with Crippen molar-refractivity contribution in [3.8, 4) is 5.75 Å². The van der Waals surface area contributed by atoms with Gasteiger partial charge in [0.2, 0.25) is 0 Å². The zero-order valence-corrected chi connectivity index (χ0v) is 8.20. The maximum absolute atomic E-state index is 5.18. The quantitative estimate of drug-likeness (QED) is 0.662. The monoisotopic (exact) mass is 178 g/mol. The van der Waals surface area contributed by atoms with Gasteiger partial charge >= 0.3 is 0 Å². The van der Waals surface area contributed by atoms with Gasteiger partial charge in [-0.15, -0.1) is 0 Å². The molecule has 0 radical (unpaired) electrons. The van der Waals surface area contributed by atoms with Gasteiger partial charge in [-0.25, -0.2) is 0 Å². The number of hydrogen-bond donors (Lipinski definition) is 0. The maximum atomic E-state index is 5.18. The Morgan fingerprint density at radius 1 is 1.15 bits per heavy atom. The molecule has 2 heteroatoms. The van der Waals surface area contributed by atoms with E-state index in [0.29, 0.717) is 0 Å². The summed E-state index contributed by atoms with van der Waals surface area (Å²) in [5, 5.41) is 0. The first-order chi connectivity index (χ1) is 6.31. The molecule has 2 nitrogen and oxygen atoms in total. The van der Waals surface area contributed by atoms with Crippen LogP contribution in [0.3, 0.4) is 0 Å². The van der Waals surface area contributed by atoms with E-state index in [2.05, 4.69) is 0 Å². The minimum absolute atomic E-state index is 0.857. The van der Waals surface area contributed by atoms with Gasteiger partial charge in [0.1, 0.15) is 11.5 Å². The standard InChI is InChI=1S/C11H14O2/c1-4-11(13-3)9-5-7-10(12-2)8-6-9/h4-8H,1-3H3/b11-4+. The molecule has 1 aromatic rings. The van der Waals surface area contributed by atoms with E-state index in [9.17, 15) is 0 Å². The third kappa shape index (κ3) is 2.25. The minimum Gasteiger partial charge on any atom is -0.497 e. The highest BCUT2D eigenvalue weighted by Gasteiger charge is 1.99. The molecule has 0 heterocycles. The Morgan fingerprint density at radius 2 is 1.77 bits per heavy atom. The molecule has 0 aromatic heterocycles. The van der Waals surface area contributed by atoms with E-state index >= 15 is 0 Å². The molecule has 0 saturated heterocycles. The van der Waals surface area contributed by atoms with Crippen LogP contribution < -0.4 is 4.74 Å². The van der Waals surface area contributed by atoms with Crippen LogP contribution in [0.1, 0.15) is 12.5 Å². The number of benzene rings is 1. The fourth-order valence-electron chi connectivity index (χ4n) is 1.16. The summed E-state index contributed by atoms with van der Waals surface area (Å²) in [6.07, 6.45) is 1.93. The van der Waals surface area contributed by atoms with Crippen LogP contribution in [-0.4, -0.2) is 14.2 Å². The first-order valence-electron chi connectivity index (χ1n) is 4.16. The lowest BCUT2D eigenvalue weighted by atomic mass is 10.2. The molecule has 0 aliphatic carbocycles. The zero-order chi connectivity index (χ0) is 9.68. The topological polar surface area (TPSA) is 18.5 Å². The van der Waals surface area contributed by atoms with E-state index in [1.54, 1.807) is 14.2 Å². The van der Waals surface area contributed by atoms with Crippen molar-refractivity contribution in [3.05, 3.63) is 35.9 Å². The normalized spacial score (nSPS) is 11.2. The highest BCUT2D eigenvalue weighted by Crippen LogP contribution is 2.18. The van der Waals surface area contributed by atoms with Crippen molar-refractivity contribution in [1.82, 2.24) is 0 Å². The molecule has 0 bridgehead atoms. The van der Waals surface area contributed by atoms with Crippen LogP contribution in [0.5, 0.6) is 5.75 Å². The molecule has 0 N–H and O–H groups in total. The fraction of sp³-hybridized carbons (Fsp3) is 0.273. The van der Waals surface area contributed by atoms with Crippen molar-refractivity contribution >= 4 is 5.76 Å². The largest absolute Gasteiger partial charge is 0.497 e. The number of hydrogen-bond acceptors (Lipinski definition) is 2. The number of allylic oxidation sites excluding steroid dienone is 1. The Bertz CT molecular complexity index is 285. The average Bonchev–Trinajstić information content (AvgIpc) is 2.21. The summed E-state index contributed by atoms with van der Waals surface area (Å²) in [6, 6.07) is 7.77. The number of rotatable bonds is 3. The van der Waals surface area contributed by atoms with Crippen LogP contribution in [0.25, 0.3) is 5.76 Å². The Hall–Kier alpha value is -1.44. The lowest BCUT2D eigenvalue weighted by molar-refractivity contribution is 0.369. The van der Waals surface area contributed by atoms with E-state index in [1.807, 2.05) is 37.3 Å². The first kappa shape index (κ1) is 9.65. The van der Waals surface area contributed by atoms with Gasteiger partial charge in [0.05, 0.1) is 14.2 Å². The highest BCUT2D eigenvalue weighted by molar-refractivity contribution is 5.59. The molecule has 70 valence electrons. The van der Waals surface area contributed by atoms with Gasteiger partial charge in [-0.05, 0) is 37.3 Å². The summed E-state index contributed by atoms with van der Waals surface area (Å²) in [7, 11) is 3.32. The van der Waals surface area contributed by atoms with Crippen molar-refractivity contribution in [2.45, 2.75) is 6.92 Å². The van der Waals surface area contributed by atoms with Crippen molar-refractivity contribution in [2.75, 3.05) is 14.2 Å². The predicted octanol–water partition coefficient (Wildman–Crippen LogP) is 2.70. The Labute approximate surface area is 78.8 Å². The van der Waals surface area contributed by atoms with Crippen molar-refractivity contribution in [2.24, 2.45) is 0 Å². The van der Waals surface area contributed by atoms with Crippen LogP contribution >= 0.6 is 0 Å². The summed E-state index contributed by atoms with van der Waals surface area (Å²) in [5.41, 5.74) is 1.06. The van der Waals surface area contributed by atoms with Crippen molar-refractivity contribution in [1.29, 1.82) is 0 Å². The van der Waals surface area contributed by atoms with E-state index in [1.165, 1.54) is 0 Å². The second kappa shape index (κ2) is 4.55. The number of methoxy groups -OCH3 is 2. The summed E-state index contributed by atoms with van der Waals surface area (Å²) in [4.78, 5) is 0. The molecular weight excluding hydrogens is 164 g/mol. The molecule has 1 aromatic carbocycles. The Morgan fingerprint density at radius 3 is 2.15 bits per heavy atom. The van der Waals surface area contributed by atoms with Crippen LogP contribution in [-0.2, 0) is 4.74 Å². The van der Waals surface area contributed by atoms with Gasteiger partial charge in [0.25, 0.3) is 0 Å². The Kier molecular flexibility index (Phi) is 3.38. The van der Waals surface area contributed by atoms with Gasteiger partial charge in [-0.2, -0.15) is 0 Å². The second-order valence-electron chi connectivity index (χ2n) is 2.59. The SMILES string of the molecule is C/C=C(/OC)c1ccc(OC)cc1. The molecule has 0 saturated carbocycles. The molecular formula is C11H14O2. The van der Waals surface area contributed by atoms with Crippen LogP contribution in [0.15, 0.2) is 30.3 Å². The van der Waals surface area contributed by atoms with E-state index in [0.717, 1.165) is 17.1 Å². The summed E-state index contributed by atoms with van der Waals surface area (Å²) >= 11 is 0. The molecule has 0 fully saturated rings. The fourth-order valence-corrected chi connectivity index (χ4v) is 1.16. The van der Waals surface area contributed by atoms with Gasteiger partial charge in [-0.1, -0.05) is 0 Å². The smallest absolute Gasteiger partial charge is 0.121 e. The molecule has 1 rings (SSSR count). The van der Waals surface area contributed by atoms with Gasteiger partial charge < -0.3 is 9.47 Å². The summed E-state index contributed by atoms with van der Waals surface area (Å²) in [5.74, 6) is 1.73. The van der Waals surface area contributed by atoms with Gasteiger partial charge in [0.15, 0.2) is 0 Å². The van der Waals surface area contributed by atoms with Crippen LogP contribution in [0, 0.1) is 0 Å². The van der Waals surface area contributed by atoms with Crippen LogP contribution in [0.4, 0.5) is 0 Å². The third-order valence-corrected chi connectivity index (χ3v) is 1.86. The molecule has 0 amide bonds. The van der Waals surface area contributed by atoms with Crippen LogP contribution in [0.2, 0.25) is 0 Å². The van der Waals surface area contributed by atoms with Crippen molar-refractivity contribution < 1.29 is 9.47 Å². The predicted molar refractivity (Wildman–Crippen MR) is 53.7 cm³/mol.